The van der Waals surface area contributed by atoms with Crippen LogP contribution in [0.5, 0.6) is 5.75 Å². The fourth-order valence-corrected chi connectivity index (χ4v) is 9.85. The van der Waals surface area contributed by atoms with Crippen LogP contribution in [-0.4, -0.2) is 119 Å². The van der Waals surface area contributed by atoms with Gasteiger partial charge in [0.15, 0.2) is 5.13 Å². The van der Waals surface area contributed by atoms with Crippen LogP contribution in [0.3, 0.4) is 0 Å². The molecule has 4 aliphatic heterocycles. The number of piperidine rings is 1. The van der Waals surface area contributed by atoms with E-state index in [4.69, 9.17) is 4.74 Å². The maximum absolute atomic E-state index is 14.5. The number of ether oxygens (including phenoxy) is 1. The monoisotopic (exact) mass is 928 g/mol. The van der Waals surface area contributed by atoms with Gasteiger partial charge >= 0.3 is 0 Å². The zero-order valence-corrected chi connectivity index (χ0v) is 37.7. The Bertz CT molecular complexity index is 2760. The number of anilines is 3. The zero-order valence-electron chi connectivity index (χ0n) is 36.9. The van der Waals surface area contributed by atoms with Crippen molar-refractivity contribution in [3.63, 3.8) is 0 Å². The van der Waals surface area contributed by atoms with E-state index in [0.29, 0.717) is 41.7 Å². The van der Waals surface area contributed by atoms with Crippen LogP contribution in [0.1, 0.15) is 74.9 Å². The number of imide groups is 2. The van der Waals surface area contributed by atoms with Gasteiger partial charge < -0.3 is 25.0 Å². The van der Waals surface area contributed by atoms with Gasteiger partial charge in [0, 0.05) is 91.7 Å². The minimum atomic E-state index is -1.31. The van der Waals surface area contributed by atoms with Crippen molar-refractivity contribution in [2.45, 2.75) is 45.3 Å². The van der Waals surface area contributed by atoms with E-state index < -0.39 is 53.3 Å². The van der Waals surface area contributed by atoms with E-state index >= 15 is 0 Å². The molecule has 18 heteroatoms. The molecule has 1 aromatic heterocycles. The SMILES string of the molecule is CC(C)(COCCNc1cccc2c1C(=O)N(C1CCC(=O)NC1=O)C2=O)CN1CCN(c2ccc(-c3ccc4c(c3)C(=O)N(C(C(=O)Nc3nccs3)c3cc(F)ccc3O)C4)cc2)CC1. The molecule has 5 heterocycles. The number of nitrogens with zero attached hydrogens (tertiary/aromatic N) is 5. The van der Waals surface area contributed by atoms with Crippen LogP contribution in [0.4, 0.5) is 20.9 Å². The number of nitrogens with one attached hydrogen (secondary N) is 3. The highest BCUT2D eigenvalue weighted by Crippen LogP contribution is 2.39. The van der Waals surface area contributed by atoms with Gasteiger partial charge in [-0.25, -0.2) is 9.37 Å². The summed E-state index contributed by atoms with van der Waals surface area (Å²) in [6, 6.07) is 19.8. The molecule has 0 aliphatic carbocycles. The second kappa shape index (κ2) is 18.7. The highest BCUT2D eigenvalue weighted by Gasteiger charge is 2.46. The molecule has 0 saturated carbocycles. The summed E-state index contributed by atoms with van der Waals surface area (Å²) in [5.74, 6) is -4.16. The van der Waals surface area contributed by atoms with Gasteiger partial charge in [0.05, 0.1) is 24.3 Å². The lowest BCUT2D eigenvalue weighted by Crippen LogP contribution is -2.54. The van der Waals surface area contributed by atoms with E-state index in [0.717, 1.165) is 66.6 Å². The number of carbonyl (C=O) groups excluding carboxylic acids is 6. The highest BCUT2D eigenvalue weighted by atomic mass is 32.1. The summed E-state index contributed by atoms with van der Waals surface area (Å²) in [5.41, 5.74) is 4.73. The number of carbonyl (C=O) groups is 6. The van der Waals surface area contributed by atoms with Crippen LogP contribution in [0, 0.1) is 11.2 Å². The van der Waals surface area contributed by atoms with Gasteiger partial charge in [0.2, 0.25) is 11.8 Å². The first kappa shape index (κ1) is 45.1. The second-order valence-corrected chi connectivity index (χ2v) is 18.8. The molecule has 346 valence electrons. The molecule has 4 aliphatic rings. The first-order chi connectivity index (χ1) is 32.2. The first-order valence-electron chi connectivity index (χ1n) is 22.1. The number of aromatic nitrogens is 1. The molecule has 16 nitrogen and oxygen atoms in total. The molecular formula is C49H49FN8O8S. The molecule has 0 radical (unpaired) electrons. The van der Waals surface area contributed by atoms with Gasteiger partial charge in [-0.3, -0.25) is 49.2 Å². The van der Waals surface area contributed by atoms with Crippen molar-refractivity contribution in [1.82, 2.24) is 25.0 Å². The molecule has 0 bridgehead atoms. The Morgan fingerprint density at radius 3 is 2.46 bits per heavy atom. The third-order valence-electron chi connectivity index (χ3n) is 12.6. The molecule has 5 aromatic rings. The van der Waals surface area contributed by atoms with Gasteiger partial charge in [0.1, 0.15) is 23.7 Å². The number of thiazole rings is 1. The standard InChI is InChI=1S/C49H49FN8O8S/c1-49(2,28-66-22-16-51-37-5-3-4-34-41(37)47(65)58(46(34)64)38-13-15-40(60)53-43(38)61)27-55-18-20-56(21-19-55)33-11-8-29(9-12-33)30-6-7-31-26-57(45(63)35(31)24-30)42(36-25-32(50)10-14-39(36)59)44(62)54-48-52-17-23-67-48/h3-12,14,17,23-25,38,42,51,59H,13,15-16,18-22,26-28H2,1-2H3,(H,52,54,62)(H,53,60,61). The lowest BCUT2D eigenvalue weighted by atomic mass is 9.93. The average Bonchev–Trinajstić information content (AvgIpc) is 4.01. The Balaban J connectivity index is 0.752. The fraction of sp³-hybridized carbons (Fsp3) is 0.327. The quantitative estimate of drug-likeness (QED) is 0.0744. The van der Waals surface area contributed by atoms with Crippen molar-refractivity contribution in [3.8, 4) is 16.9 Å². The largest absolute Gasteiger partial charge is 0.508 e. The van der Waals surface area contributed by atoms with Crippen LogP contribution >= 0.6 is 11.3 Å². The zero-order chi connectivity index (χ0) is 47.0. The van der Waals surface area contributed by atoms with Crippen molar-refractivity contribution >= 4 is 63.3 Å². The predicted octanol–water partition coefficient (Wildman–Crippen LogP) is 5.67. The third-order valence-corrected chi connectivity index (χ3v) is 13.2. The number of hydrogen-bond donors (Lipinski definition) is 4. The first-order valence-corrected chi connectivity index (χ1v) is 23.0. The summed E-state index contributed by atoms with van der Waals surface area (Å²) in [4.78, 5) is 89.6. The maximum Gasteiger partial charge on any atom is 0.264 e. The molecule has 6 amide bonds. The Morgan fingerprint density at radius 1 is 0.940 bits per heavy atom. The third kappa shape index (κ3) is 9.37. The summed E-state index contributed by atoms with van der Waals surface area (Å²) >= 11 is 1.20. The number of rotatable bonds is 15. The molecule has 0 spiro atoms. The average molecular weight is 929 g/mol. The maximum atomic E-state index is 14.5. The van der Waals surface area contributed by atoms with E-state index in [9.17, 15) is 38.3 Å². The Hall–Kier alpha value is -7.02. The number of amides is 6. The van der Waals surface area contributed by atoms with Crippen molar-refractivity contribution in [1.29, 1.82) is 0 Å². The number of hydrogen-bond acceptors (Lipinski definition) is 13. The topological polar surface area (TPSA) is 194 Å². The number of benzene rings is 4. The van der Waals surface area contributed by atoms with Crippen molar-refractivity contribution < 1.29 is 43.0 Å². The minimum Gasteiger partial charge on any atom is -0.508 e. The number of fused-ring (bicyclic) bond motifs is 2. The predicted molar refractivity (Wildman–Crippen MR) is 248 cm³/mol. The number of aromatic hydroxyl groups is 1. The Kier molecular flexibility index (Phi) is 12.6. The van der Waals surface area contributed by atoms with E-state index in [1.165, 1.54) is 28.5 Å². The molecule has 4 aromatic carbocycles. The lowest BCUT2D eigenvalue weighted by Gasteiger charge is -2.39. The second-order valence-electron chi connectivity index (χ2n) is 17.9. The van der Waals surface area contributed by atoms with Crippen LogP contribution < -0.4 is 20.9 Å². The van der Waals surface area contributed by atoms with Crippen LogP contribution in [0.25, 0.3) is 11.1 Å². The van der Waals surface area contributed by atoms with E-state index in [-0.39, 0.29) is 47.2 Å². The van der Waals surface area contributed by atoms with Gasteiger partial charge in [-0.15, -0.1) is 11.3 Å². The molecule has 67 heavy (non-hydrogen) atoms. The summed E-state index contributed by atoms with van der Waals surface area (Å²) in [6.45, 7) is 9.95. The normalized spacial score (nSPS) is 18.0. The van der Waals surface area contributed by atoms with Crippen molar-refractivity contribution in [2.75, 3.05) is 68.0 Å². The molecule has 2 unspecified atom stereocenters. The van der Waals surface area contributed by atoms with E-state index in [1.54, 1.807) is 23.6 Å². The molecule has 2 atom stereocenters. The van der Waals surface area contributed by atoms with E-state index in [2.05, 4.69) is 56.7 Å². The number of phenols is 1. The number of halogens is 1. The number of piperazine rings is 1. The van der Waals surface area contributed by atoms with E-state index in [1.807, 2.05) is 30.3 Å². The molecule has 4 N–H and O–H groups in total. The highest BCUT2D eigenvalue weighted by molar-refractivity contribution is 7.13. The molecular weight excluding hydrogens is 880 g/mol. The van der Waals surface area contributed by atoms with Gasteiger partial charge in [0.25, 0.3) is 23.6 Å². The Labute approximate surface area is 389 Å². The molecule has 9 rings (SSSR count). The summed E-state index contributed by atoms with van der Waals surface area (Å²) < 4.78 is 20.6. The van der Waals surface area contributed by atoms with Crippen LogP contribution in [0.15, 0.2) is 90.4 Å². The van der Waals surface area contributed by atoms with Crippen molar-refractivity contribution in [3.05, 3.63) is 124 Å². The number of phenolic OH excluding ortho intramolecular Hbond substituents is 1. The lowest BCUT2D eigenvalue weighted by molar-refractivity contribution is -0.136. The van der Waals surface area contributed by atoms with Crippen LogP contribution in [0.2, 0.25) is 0 Å². The Morgan fingerprint density at radius 2 is 1.72 bits per heavy atom. The van der Waals surface area contributed by atoms with Crippen LogP contribution in [-0.2, 0) is 25.7 Å². The minimum absolute atomic E-state index is 0.0243. The summed E-state index contributed by atoms with van der Waals surface area (Å²) in [7, 11) is 0. The summed E-state index contributed by atoms with van der Waals surface area (Å²) in [6.07, 6.45) is 1.68. The molecule has 2 fully saturated rings. The van der Waals surface area contributed by atoms with Crippen molar-refractivity contribution in [2.24, 2.45) is 5.41 Å². The fourth-order valence-electron chi connectivity index (χ4n) is 9.31. The van der Waals surface area contributed by atoms with Gasteiger partial charge in [-0.05, 0) is 71.6 Å². The smallest absolute Gasteiger partial charge is 0.264 e. The van der Waals surface area contributed by atoms with Gasteiger partial charge in [-0.2, -0.15) is 0 Å². The van der Waals surface area contributed by atoms with Gasteiger partial charge in [-0.1, -0.05) is 44.2 Å². The summed E-state index contributed by atoms with van der Waals surface area (Å²) in [5, 5.41) is 20.9. The molecule has 2 saturated heterocycles.